The van der Waals surface area contributed by atoms with Crippen LogP contribution in [0.25, 0.3) is 0 Å². The minimum absolute atomic E-state index is 0.362. The second-order valence-corrected chi connectivity index (χ2v) is 5.53. The summed E-state index contributed by atoms with van der Waals surface area (Å²) in [6, 6.07) is 6.21. The zero-order valence-corrected chi connectivity index (χ0v) is 12.1. The Kier molecular flexibility index (Phi) is 4.05. The van der Waals surface area contributed by atoms with E-state index in [4.69, 9.17) is 0 Å². The molecule has 0 spiro atoms. The maximum Gasteiger partial charge on any atom is 0.111 e. The van der Waals surface area contributed by atoms with Gasteiger partial charge in [0.2, 0.25) is 0 Å². The molecule has 0 aliphatic rings. The lowest BCUT2D eigenvalue weighted by Crippen LogP contribution is -2.12. The fourth-order valence-corrected chi connectivity index (χ4v) is 2.47. The van der Waals surface area contributed by atoms with E-state index < -0.39 is 6.10 Å². The van der Waals surface area contributed by atoms with Crippen molar-refractivity contribution in [2.24, 2.45) is 0 Å². The zero-order valence-electron chi connectivity index (χ0n) is 12.1. The number of aliphatic hydroxyl groups is 1. The Morgan fingerprint density at radius 1 is 1.16 bits per heavy atom. The van der Waals surface area contributed by atoms with E-state index in [0.29, 0.717) is 12.5 Å². The smallest absolute Gasteiger partial charge is 0.111 e. The molecule has 0 saturated carbocycles. The molecule has 2 rings (SSSR count). The minimum Gasteiger partial charge on any atom is -0.387 e. The van der Waals surface area contributed by atoms with Gasteiger partial charge in [-0.2, -0.15) is 0 Å². The van der Waals surface area contributed by atoms with Crippen molar-refractivity contribution >= 4 is 0 Å². The summed E-state index contributed by atoms with van der Waals surface area (Å²) in [6.07, 6.45) is 3.23. The third-order valence-electron chi connectivity index (χ3n) is 3.26. The summed E-state index contributed by atoms with van der Waals surface area (Å²) in [7, 11) is 0. The van der Waals surface area contributed by atoms with E-state index in [-0.39, 0.29) is 0 Å². The third-order valence-corrected chi connectivity index (χ3v) is 3.26. The number of hydrogen-bond donors (Lipinski definition) is 1. The lowest BCUT2D eigenvalue weighted by Gasteiger charge is -2.16. The number of nitrogens with zero attached hydrogens (tertiary/aromatic N) is 2. The first kappa shape index (κ1) is 13.8. The third kappa shape index (κ3) is 3.24. The van der Waals surface area contributed by atoms with Crippen LogP contribution in [0, 0.1) is 13.8 Å². The van der Waals surface area contributed by atoms with Gasteiger partial charge in [0, 0.05) is 18.3 Å². The maximum absolute atomic E-state index is 10.4. The van der Waals surface area contributed by atoms with Gasteiger partial charge in [-0.3, -0.25) is 0 Å². The number of rotatable bonds is 4. The maximum atomic E-state index is 10.4. The highest BCUT2D eigenvalue weighted by molar-refractivity contribution is 5.30. The number of aromatic nitrogens is 2. The van der Waals surface area contributed by atoms with E-state index in [1.54, 1.807) is 6.20 Å². The number of benzene rings is 1. The van der Waals surface area contributed by atoms with Crippen LogP contribution < -0.4 is 0 Å². The Balaban J connectivity index is 2.20. The van der Waals surface area contributed by atoms with Crippen LogP contribution in [0.15, 0.2) is 30.6 Å². The topological polar surface area (TPSA) is 38.0 Å². The van der Waals surface area contributed by atoms with Gasteiger partial charge >= 0.3 is 0 Å². The van der Waals surface area contributed by atoms with Crippen LogP contribution in [-0.4, -0.2) is 14.7 Å². The van der Waals surface area contributed by atoms with Gasteiger partial charge < -0.3 is 9.67 Å². The Morgan fingerprint density at radius 2 is 1.79 bits per heavy atom. The summed E-state index contributed by atoms with van der Waals surface area (Å²) in [6.45, 7) is 8.89. The van der Waals surface area contributed by atoms with Gasteiger partial charge in [0.1, 0.15) is 5.82 Å². The predicted molar refractivity (Wildman–Crippen MR) is 77.2 cm³/mol. The molecule has 19 heavy (non-hydrogen) atoms. The number of imidazole rings is 1. The molecular formula is C16H22N2O. The highest BCUT2D eigenvalue weighted by Crippen LogP contribution is 2.21. The van der Waals surface area contributed by atoms with Crippen molar-refractivity contribution in [3.8, 4) is 0 Å². The number of aliphatic hydroxyl groups excluding tert-OH is 1. The first-order valence-electron chi connectivity index (χ1n) is 6.74. The van der Waals surface area contributed by atoms with Crippen molar-refractivity contribution in [1.82, 2.24) is 9.55 Å². The van der Waals surface area contributed by atoms with Crippen molar-refractivity contribution in [3.63, 3.8) is 0 Å². The van der Waals surface area contributed by atoms with Crippen LogP contribution in [0.3, 0.4) is 0 Å². The van der Waals surface area contributed by atoms with Crippen molar-refractivity contribution in [2.75, 3.05) is 0 Å². The monoisotopic (exact) mass is 258 g/mol. The zero-order chi connectivity index (χ0) is 14.0. The molecule has 3 nitrogen and oxygen atoms in total. The quantitative estimate of drug-likeness (QED) is 0.913. The van der Waals surface area contributed by atoms with Crippen LogP contribution >= 0.6 is 0 Å². The summed E-state index contributed by atoms with van der Waals surface area (Å²) >= 11 is 0. The van der Waals surface area contributed by atoms with E-state index in [0.717, 1.165) is 11.4 Å². The van der Waals surface area contributed by atoms with E-state index in [2.05, 4.69) is 38.7 Å². The number of hydrogen-bond acceptors (Lipinski definition) is 2. The molecule has 0 aliphatic heterocycles. The molecule has 1 aromatic carbocycles. The Labute approximate surface area is 114 Å². The van der Waals surface area contributed by atoms with E-state index in [9.17, 15) is 5.11 Å². The minimum atomic E-state index is -0.495. The van der Waals surface area contributed by atoms with Crippen molar-refractivity contribution in [2.45, 2.75) is 46.3 Å². The molecule has 1 unspecified atom stereocenters. The Morgan fingerprint density at radius 3 is 2.37 bits per heavy atom. The predicted octanol–water partition coefficient (Wildman–Crippen LogP) is 3.36. The van der Waals surface area contributed by atoms with Crippen molar-refractivity contribution in [1.29, 1.82) is 0 Å². The van der Waals surface area contributed by atoms with E-state index in [1.807, 2.05) is 22.9 Å². The lowest BCUT2D eigenvalue weighted by molar-refractivity contribution is 0.155. The van der Waals surface area contributed by atoms with E-state index >= 15 is 0 Å². The summed E-state index contributed by atoms with van der Waals surface area (Å²) in [5.74, 6) is 1.38. The summed E-state index contributed by atoms with van der Waals surface area (Å²) < 4.78 is 2.03. The van der Waals surface area contributed by atoms with Gasteiger partial charge in [0.05, 0.1) is 12.6 Å². The molecule has 102 valence electrons. The first-order chi connectivity index (χ1) is 8.97. The lowest BCUT2D eigenvalue weighted by atomic mass is 10.0. The summed E-state index contributed by atoms with van der Waals surface area (Å²) in [5, 5.41) is 10.4. The molecule has 0 bridgehead atoms. The first-order valence-corrected chi connectivity index (χ1v) is 6.74. The Hall–Kier alpha value is -1.61. The fourth-order valence-electron chi connectivity index (χ4n) is 2.47. The second-order valence-electron chi connectivity index (χ2n) is 5.53. The largest absolute Gasteiger partial charge is 0.387 e. The Bertz CT molecular complexity index is 537. The van der Waals surface area contributed by atoms with Gasteiger partial charge in [-0.15, -0.1) is 0 Å². The molecule has 0 radical (unpaired) electrons. The van der Waals surface area contributed by atoms with Crippen LogP contribution in [0.2, 0.25) is 0 Å². The van der Waals surface area contributed by atoms with Gasteiger partial charge in [0.15, 0.2) is 0 Å². The molecule has 1 heterocycles. The van der Waals surface area contributed by atoms with Gasteiger partial charge in [0.25, 0.3) is 0 Å². The van der Waals surface area contributed by atoms with Crippen LogP contribution in [0.4, 0.5) is 0 Å². The second kappa shape index (κ2) is 5.57. The van der Waals surface area contributed by atoms with Crippen LogP contribution in [-0.2, 0) is 6.54 Å². The molecule has 0 fully saturated rings. The summed E-state index contributed by atoms with van der Waals surface area (Å²) in [5.41, 5.74) is 3.34. The van der Waals surface area contributed by atoms with Crippen molar-refractivity contribution in [3.05, 3.63) is 53.1 Å². The number of aryl methyl sites for hydroxylation is 2. The molecule has 0 saturated heterocycles. The highest BCUT2D eigenvalue weighted by Gasteiger charge is 2.13. The van der Waals surface area contributed by atoms with Crippen LogP contribution in [0.1, 0.15) is 48.4 Å². The highest BCUT2D eigenvalue weighted by atomic mass is 16.3. The van der Waals surface area contributed by atoms with Gasteiger partial charge in [-0.25, -0.2) is 4.98 Å². The molecule has 1 N–H and O–H groups in total. The molecule has 1 aromatic heterocycles. The van der Waals surface area contributed by atoms with Crippen molar-refractivity contribution < 1.29 is 5.11 Å². The molecule has 1 atom stereocenters. The van der Waals surface area contributed by atoms with E-state index in [1.165, 1.54) is 11.1 Å². The van der Waals surface area contributed by atoms with Gasteiger partial charge in [-0.1, -0.05) is 43.2 Å². The standard InChI is InChI=1S/C16H22N2O/c1-11(2)16-17-5-6-18(16)10-15(19)14-8-12(3)7-13(4)9-14/h5-9,11,15,19H,10H2,1-4H3. The van der Waals surface area contributed by atoms with Gasteiger partial charge in [-0.05, 0) is 19.4 Å². The summed E-state index contributed by atoms with van der Waals surface area (Å²) in [4.78, 5) is 4.35. The normalized spacial score (nSPS) is 12.9. The molecule has 3 heteroatoms. The molecule has 0 amide bonds. The molecular weight excluding hydrogens is 236 g/mol. The van der Waals surface area contributed by atoms with Crippen LogP contribution in [0.5, 0.6) is 0 Å². The average Bonchev–Trinajstić information content (AvgIpc) is 2.75. The average molecular weight is 258 g/mol. The fraction of sp³-hybridized carbons (Fsp3) is 0.438. The molecule has 2 aromatic rings. The SMILES string of the molecule is Cc1cc(C)cc(C(O)Cn2ccnc2C(C)C)c1. The molecule has 0 aliphatic carbocycles.